The van der Waals surface area contributed by atoms with Crippen LogP contribution in [0.1, 0.15) is 19.8 Å². The van der Waals surface area contributed by atoms with Gasteiger partial charge in [0.25, 0.3) is 0 Å². The lowest BCUT2D eigenvalue weighted by molar-refractivity contribution is 0.189. The molecule has 0 bridgehead atoms. The highest BCUT2D eigenvalue weighted by molar-refractivity contribution is 6.36. The molecule has 2 atom stereocenters. The number of aromatic nitrogens is 2. The average molecular weight is 425 g/mol. The Balaban J connectivity index is 1.94. The molecule has 0 saturated carbocycles. The van der Waals surface area contributed by atoms with Crippen molar-refractivity contribution in [3.63, 3.8) is 0 Å². The van der Waals surface area contributed by atoms with Crippen LogP contribution >= 0.6 is 34.8 Å². The maximum absolute atomic E-state index is 9.96. The van der Waals surface area contributed by atoms with Crippen molar-refractivity contribution in [2.75, 3.05) is 11.5 Å². The number of para-hydroxylation sites is 1. The topological polar surface area (TPSA) is 41.3 Å². The Morgan fingerprint density at radius 3 is 2.70 bits per heavy atom. The molecular formula is C20H20Cl3N3O. The van der Waals surface area contributed by atoms with Gasteiger partial charge in [-0.3, -0.25) is 0 Å². The number of anilines is 2. The molecule has 7 heteroatoms. The average Bonchev–Trinajstić information content (AvgIpc) is 3.03. The summed E-state index contributed by atoms with van der Waals surface area (Å²) in [7, 11) is 0. The van der Waals surface area contributed by atoms with Gasteiger partial charge in [0, 0.05) is 30.1 Å². The minimum absolute atomic E-state index is 0.0850. The van der Waals surface area contributed by atoms with E-state index < -0.39 is 0 Å². The summed E-state index contributed by atoms with van der Waals surface area (Å²) < 4.78 is 2.17. The van der Waals surface area contributed by atoms with Gasteiger partial charge >= 0.3 is 0 Å². The van der Waals surface area contributed by atoms with Gasteiger partial charge in [0.15, 0.2) is 0 Å². The summed E-state index contributed by atoms with van der Waals surface area (Å²) >= 11 is 19.1. The predicted octanol–water partition coefficient (Wildman–Crippen LogP) is 5.93. The highest BCUT2D eigenvalue weighted by Gasteiger charge is 2.35. The molecule has 3 aromatic rings. The largest absolute Gasteiger partial charge is 0.396 e. The normalized spacial score (nSPS) is 18.0. The minimum Gasteiger partial charge on any atom is -0.396 e. The maximum atomic E-state index is 9.96. The van der Waals surface area contributed by atoms with E-state index in [0.29, 0.717) is 15.1 Å². The van der Waals surface area contributed by atoms with Gasteiger partial charge in [0.2, 0.25) is 5.95 Å². The molecule has 0 spiro atoms. The van der Waals surface area contributed by atoms with E-state index in [2.05, 4.69) is 16.4 Å². The quantitative estimate of drug-likeness (QED) is 0.564. The molecule has 1 aliphatic heterocycles. The molecular weight excluding hydrogens is 405 g/mol. The fraction of sp³-hybridized carbons (Fsp3) is 0.350. The van der Waals surface area contributed by atoms with E-state index in [0.717, 1.165) is 42.1 Å². The van der Waals surface area contributed by atoms with Crippen LogP contribution < -0.4 is 4.90 Å². The lowest BCUT2D eigenvalue weighted by Crippen LogP contribution is -2.44. The fourth-order valence-corrected chi connectivity index (χ4v) is 4.69. The van der Waals surface area contributed by atoms with Gasteiger partial charge < -0.3 is 14.6 Å². The van der Waals surface area contributed by atoms with Gasteiger partial charge in [-0.15, -0.1) is 0 Å². The number of hydrogen-bond donors (Lipinski definition) is 1. The zero-order valence-corrected chi connectivity index (χ0v) is 17.1. The third-order valence-corrected chi connectivity index (χ3v) is 6.22. The standard InChI is InChI=1S/C20H20Cl3N3O/c1-2-12(11-27)16-8-9-25-18-5-3-4-14(22)19(18)24-20(25)26(16)17-7-6-13(21)10-15(17)23/h3-7,10,12,16,27H,2,8-9,11H2,1H3. The Kier molecular flexibility index (Phi) is 5.26. The van der Waals surface area contributed by atoms with Gasteiger partial charge in [-0.05, 0) is 43.2 Å². The van der Waals surface area contributed by atoms with Gasteiger partial charge in [-0.1, -0.05) is 47.8 Å². The van der Waals surface area contributed by atoms with Crippen molar-refractivity contribution in [3.8, 4) is 0 Å². The molecule has 0 amide bonds. The van der Waals surface area contributed by atoms with Crippen LogP contribution in [0.4, 0.5) is 11.6 Å². The second kappa shape index (κ2) is 7.51. The van der Waals surface area contributed by atoms with E-state index in [4.69, 9.17) is 39.8 Å². The summed E-state index contributed by atoms with van der Waals surface area (Å²) in [4.78, 5) is 7.00. The number of rotatable bonds is 4. The number of benzene rings is 2. The van der Waals surface area contributed by atoms with E-state index in [1.54, 1.807) is 6.07 Å². The number of fused-ring (bicyclic) bond motifs is 3. The third kappa shape index (κ3) is 3.19. The minimum atomic E-state index is 0.0850. The molecule has 4 nitrogen and oxygen atoms in total. The summed E-state index contributed by atoms with van der Waals surface area (Å²) in [5, 5.41) is 11.7. The van der Waals surface area contributed by atoms with Crippen molar-refractivity contribution in [1.29, 1.82) is 0 Å². The summed E-state index contributed by atoms with van der Waals surface area (Å²) in [6.45, 7) is 3.02. The first-order chi connectivity index (χ1) is 13.0. The van der Waals surface area contributed by atoms with Crippen molar-refractivity contribution in [2.45, 2.75) is 32.4 Å². The van der Waals surface area contributed by atoms with E-state index in [1.165, 1.54) is 0 Å². The van der Waals surface area contributed by atoms with E-state index in [9.17, 15) is 5.11 Å². The molecule has 1 N–H and O–H groups in total. The number of aliphatic hydroxyl groups is 1. The van der Waals surface area contributed by atoms with Crippen LogP contribution in [-0.2, 0) is 6.54 Å². The first-order valence-electron chi connectivity index (χ1n) is 9.05. The van der Waals surface area contributed by atoms with E-state index in [1.807, 2.05) is 30.3 Å². The van der Waals surface area contributed by atoms with E-state index >= 15 is 0 Å². The Labute approximate surface area is 173 Å². The smallest absolute Gasteiger partial charge is 0.211 e. The maximum Gasteiger partial charge on any atom is 0.211 e. The lowest BCUT2D eigenvalue weighted by Gasteiger charge is -2.41. The number of imidazole rings is 1. The highest BCUT2D eigenvalue weighted by Crippen LogP contribution is 2.42. The zero-order chi connectivity index (χ0) is 19.1. The fourth-order valence-electron chi connectivity index (χ4n) is 3.98. The first-order valence-corrected chi connectivity index (χ1v) is 10.2. The Morgan fingerprint density at radius 2 is 2.00 bits per heavy atom. The van der Waals surface area contributed by atoms with Crippen LogP contribution in [0.25, 0.3) is 11.0 Å². The molecule has 2 unspecified atom stereocenters. The number of aliphatic hydroxyl groups excluding tert-OH is 1. The molecule has 0 saturated heterocycles. The molecule has 2 heterocycles. The van der Waals surface area contributed by atoms with E-state index in [-0.39, 0.29) is 18.6 Å². The second-order valence-electron chi connectivity index (χ2n) is 6.84. The number of hydrogen-bond acceptors (Lipinski definition) is 3. The Morgan fingerprint density at radius 1 is 1.19 bits per heavy atom. The van der Waals surface area contributed by atoms with Crippen molar-refractivity contribution in [1.82, 2.24) is 9.55 Å². The van der Waals surface area contributed by atoms with Gasteiger partial charge in [0.1, 0.15) is 5.52 Å². The van der Waals surface area contributed by atoms with Crippen molar-refractivity contribution in [3.05, 3.63) is 51.5 Å². The lowest BCUT2D eigenvalue weighted by atomic mass is 9.92. The van der Waals surface area contributed by atoms with Gasteiger partial charge in [-0.2, -0.15) is 0 Å². The number of halogens is 3. The summed E-state index contributed by atoms with van der Waals surface area (Å²) in [6, 6.07) is 11.4. The predicted molar refractivity (Wildman–Crippen MR) is 113 cm³/mol. The molecule has 0 fully saturated rings. The molecule has 27 heavy (non-hydrogen) atoms. The number of nitrogens with zero attached hydrogens (tertiary/aromatic N) is 3. The molecule has 0 aliphatic carbocycles. The first kappa shape index (κ1) is 18.9. The number of aryl methyl sites for hydroxylation is 1. The van der Waals surface area contributed by atoms with Crippen LogP contribution in [0.2, 0.25) is 15.1 Å². The van der Waals surface area contributed by atoms with Crippen LogP contribution in [0.5, 0.6) is 0 Å². The second-order valence-corrected chi connectivity index (χ2v) is 8.09. The van der Waals surface area contributed by atoms with Crippen LogP contribution in [-0.4, -0.2) is 27.3 Å². The monoisotopic (exact) mass is 423 g/mol. The molecule has 142 valence electrons. The Hall–Kier alpha value is -1.46. The molecule has 1 aliphatic rings. The SMILES string of the molecule is CCC(CO)C1CCn2c(nc3c(Cl)cccc32)N1c1ccc(Cl)cc1Cl. The zero-order valence-electron chi connectivity index (χ0n) is 14.9. The molecule has 1 aromatic heterocycles. The van der Waals surface area contributed by atoms with Crippen LogP contribution in [0, 0.1) is 5.92 Å². The Bertz CT molecular complexity index is 984. The summed E-state index contributed by atoms with van der Waals surface area (Å²) in [5.74, 6) is 0.909. The van der Waals surface area contributed by atoms with Crippen molar-refractivity contribution >= 4 is 57.5 Å². The van der Waals surface area contributed by atoms with Crippen molar-refractivity contribution in [2.24, 2.45) is 5.92 Å². The van der Waals surface area contributed by atoms with Crippen molar-refractivity contribution < 1.29 is 5.11 Å². The molecule has 2 aromatic carbocycles. The molecule has 0 radical (unpaired) electrons. The van der Waals surface area contributed by atoms with Crippen LogP contribution in [0.15, 0.2) is 36.4 Å². The van der Waals surface area contributed by atoms with Gasteiger partial charge in [0.05, 0.1) is 21.2 Å². The highest BCUT2D eigenvalue weighted by atomic mass is 35.5. The summed E-state index contributed by atoms with van der Waals surface area (Å²) in [6.07, 6.45) is 1.74. The van der Waals surface area contributed by atoms with Crippen LogP contribution in [0.3, 0.4) is 0 Å². The molecule has 4 rings (SSSR count). The van der Waals surface area contributed by atoms with Gasteiger partial charge in [-0.25, -0.2) is 4.98 Å². The summed E-state index contributed by atoms with van der Waals surface area (Å²) in [5.41, 5.74) is 2.62. The third-order valence-electron chi connectivity index (χ3n) is 5.38.